The zero-order chi connectivity index (χ0) is 26.2. The van der Waals surface area contributed by atoms with Gasteiger partial charge in [-0.05, 0) is 43.3 Å². The molecule has 38 heavy (non-hydrogen) atoms. The van der Waals surface area contributed by atoms with Gasteiger partial charge in [-0.15, -0.1) is 0 Å². The third kappa shape index (κ3) is 4.35. The Bertz CT molecular complexity index is 1700. The van der Waals surface area contributed by atoms with Crippen molar-refractivity contribution >= 4 is 39.3 Å². The number of hydrogen-bond acceptors (Lipinski definition) is 7. The number of aromatic amines is 2. The number of hydrogen-bond donors (Lipinski definition) is 4. The molecule has 192 valence electrons. The number of para-hydroxylation sites is 1. The van der Waals surface area contributed by atoms with E-state index >= 15 is 0 Å². The van der Waals surface area contributed by atoms with E-state index in [-0.39, 0.29) is 18.1 Å². The van der Waals surface area contributed by atoms with Crippen LogP contribution in [0, 0.1) is 0 Å². The molecule has 4 N–H and O–H groups in total. The van der Waals surface area contributed by atoms with Gasteiger partial charge in [0.05, 0.1) is 47.1 Å². The number of ether oxygens (including phenoxy) is 1. The first-order chi connectivity index (χ1) is 18.5. The Balaban J connectivity index is 1.43. The van der Waals surface area contributed by atoms with Gasteiger partial charge >= 0.3 is 5.97 Å². The summed E-state index contributed by atoms with van der Waals surface area (Å²) in [6.45, 7) is 3.17. The van der Waals surface area contributed by atoms with Gasteiger partial charge in [0.2, 0.25) is 0 Å². The van der Waals surface area contributed by atoms with Gasteiger partial charge in [-0.25, -0.2) is 9.78 Å². The third-order valence-corrected chi connectivity index (χ3v) is 6.82. The molecule has 0 aliphatic carbocycles. The minimum absolute atomic E-state index is 0.167. The standard InChI is InChI=1S/C28H26N6O4/c1-16(19-7-4-5-11-29-19)30-25-18-6-2-3-8-20(18)33-27(35)24(25)26-31-21-10-9-17(14-22(21)32-26)34-12-13-38-23(15-34)28(36)37/h2-11,14,16,23H,12-13,15H2,1H3,(H,31,32)(H,36,37)(H2,30,33,35). The number of aliphatic carboxylic acids is 1. The lowest BCUT2D eigenvalue weighted by atomic mass is 10.1. The first-order valence-corrected chi connectivity index (χ1v) is 12.4. The van der Waals surface area contributed by atoms with Gasteiger partial charge < -0.3 is 30.0 Å². The highest BCUT2D eigenvalue weighted by molar-refractivity contribution is 5.99. The van der Waals surface area contributed by atoms with Crippen molar-refractivity contribution in [3.63, 3.8) is 0 Å². The number of carboxylic acid groups (broad SMARTS) is 1. The molecule has 4 heterocycles. The molecule has 0 spiro atoms. The largest absolute Gasteiger partial charge is 0.479 e. The van der Waals surface area contributed by atoms with Crippen molar-refractivity contribution in [2.24, 2.45) is 0 Å². The van der Waals surface area contributed by atoms with Crippen LogP contribution in [0.5, 0.6) is 0 Å². The molecule has 2 atom stereocenters. The molecule has 2 aromatic carbocycles. The second kappa shape index (κ2) is 9.64. The maximum absolute atomic E-state index is 13.4. The van der Waals surface area contributed by atoms with Crippen LogP contribution in [0.3, 0.4) is 0 Å². The molecule has 1 aliphatic rings. The van der Waals surface area contributed by atoms with Gasteiger partial charge in [0.1, 0.15) is 11.4 Å². The average Bonchev–Trinajstić information content (AvgIpc) is 3.36. The first kappa shape index (κ1) is 23.7. The van der Waals surface area contributed by atoms with Crippen LogP contribution < -0.4 is 15.8 Å². The fourth-order valence-electron chi connectivity index (χ4n) is 4.89. The molecular formula is C28H26N6O4. The Morgan fingerprint density at radius 1 is 1.13 bits per heavy atom. The van der Waals surface area contributed by atoms with Crippen molar-refractivity contribution in [1.82, 2.24) is 19.9 Å². The van der Waals surface area contributed by atoms with Crippen molar-refractivity contribution < 1.29 is 14.6 Å². The second-order valence-electron chi connectivity index (χ2n) is 9.30. The predicted octanol–water partition coefficient (Wildman–Crippen LogP) is 3.93. The number of anilines is 2. The van der Waals surface area contributed by atoms with E-state index in [1.807, 2.05) is 72.5 Å². The van der Waals surface area contributed by atoms with Crippen LogP contribution in [0.4, 0.5) is 11.4 Å². The number of nitrogens with one attached hydrogen (secondary N) is 3. The number of morpholine rings is 1. The van der Waals surface area contributed by atoms with Crippen molar-refractivity contribution in [2.45, 2.75) is 19.1 Å². The topological polar surface area (TPSA) is 136 Å². The van der Waals surface area contributed by atoms with Crippen LogP contribution >= 0.6 is 0 Å². The molecule has 0 amide bonds. The molecule has 0 radical (unpaired) electrons. The minimum Gasteiger partial charge on any atom is -0.479 e. The van der Waals surface area contributed by atoms with E-state index in [1.165, 1.54) is 0 Å². The van der Waals surface area contributed by atoms with Gasteiger partial charge in [0.25, 0.3) is 5.56 Å². The zero-order valence-electron chi connectivity index (χ0n) is 20.6. The van der Waals surface area contributed by atoms with Crippen molar-refractivity contribution in [1.29, 1.82) is 0 Å². The van der Waals surface area contributed by atoms with Gasteiger partial charge in [0.15, 0.2) is 6.10 Å². The van der Waals surface area contributed by atoms with Crippen molar-refractivity contribution in [2.75, 3.05) is 29.9 Å². The summed E-state index contributed by atoms with van der Waals surface area (Å²) >= 11 is 0. The number of H-pyrrole nitrogens is 2. The number of fused-ring (bicyclic) bond motifs is 2. The van der Waals surface area contributed by atoms with Crippen molar-refractivity contribution in [3.05, 3.63) is 82.9 Å². The molecule has 0 bridgehead atoms. The SMILES string of the molecule is CC(Nc1c(-c2nc3ccc(N4CCOC(C(=O)O)C4)cc3[nH]2)c(=O)[nH]c2ccccc12)c1ccccn1. The molecule has 5 aromatic rings. The highest BCUT2D eigenvalue weighted by atomic mass is 16.5. The van der Waals surface area contributed by atoms with E-state index in [0.717, 1.165) is 27.8 Å². The van der Waals surface area contributed by atoms with E-state index in [9.17, 15) is 14.7 Å². The number of rotatable bonds is 6. The molecule has 1 fully saturated rings. The lowest BCUT2D eigenvalue weighted by molar-refractivity contribution is -0.150. The Morgan fingerprint density at radius 2 is 1.97 bits per heavy atom. The summed E-state index contributed by atoms with van der Waals surface area (Å²) in [6, 6.07) is 18.9. The predicted molar refractivity (Wildman–Crippen MR) is 146 cm³/mol. The number of carbonyl (C=O) groups is 1. The fourth-order valence-corrected chi connectivity index (χ4v) is 4.89. The molecule has 2 unspecified atom stereocenters. The number of benzene rings is 2. The van der Waals surface area contributed by atoms with Crippen LogP contribution in [-0.2, 0) is 9.53 Å². The number of nitrogens with zero attached hydrogens (tertiary/aromatic N) is 3. The maximum atomic E-state index is 13.4. The Hall–Kier alpha value is -4.70. The highest BCUT2D eigenvalue weighted by Gasteiger charge is 2.27. The van der Waals surface area contributed by atoms with Crippen LogP contribution in [-0.4, -0.2) is 56.8 Å². The van der Waals surface area contributed by atoms with Gasteiger partial charge in [-0.1, -0.05) is 24.3 Å². The number of aromatic nitrogens is 4. The van der Waals surface area contributed by atoms with Crippen LogP contribution in [0.25, 0.3) is 33.3 Å². The molecule has 6 rings (SSSR count). The molecule has 0 saturated carbocycles. The quantitative estimate of drug-likeness (QED) is 0.270. The average molecular weight is 511 g/mol. The Kier molecular flexibility index (Phi) is 6.01. The lowest BCUT2D eigenvalue weighted by Crippen LogP contribution is -2.46. The summed E-state index contributed by atoms with van der Waals surface area (Å²) in [7, 11) is 0. The summed E-state index contributed by atoms with van der Waals surface area (Å²) in [6.07, 6.45) is 0.872. The molecule has 10 heteroatoms. The Morgan fingerprint density at radius 3 is 2.79 bits per heavy atom. The van der Waals surface area contributed by atoms with Gasteiger partial charge in [-0.2, -0.15) is 0 Å². The first-order valence-electron chi connectivity index (χ1n) is 12.4. The lowest BCUT2D eigenvalue weighted by Gasteiger charge is -2.32. The van der Waals surface area contributed by atoms with E-state index in [0.29, 0.717) is 35.7 Å². The molecular weight excluding hydrogens is 484 g/mol. The molecule has 3 aromatic heterocycles. The Labute approximate surface area is 217 Å². The highest BCUT2D eigenvalue weighted by Crippen LogP contribution is 2.34. The maximum Gasteiger partial charge on any atom is 0.334 e. The molecule has 1 saturated heterocycles. The second-order valence-corrected chi connectivity index (χ2v) is 9.30. The van der Waals surface area contributed by atoms with E-state index in [2.05, 4.69) is 20.3 Å². The van der Waals surface area contributed by atoms with Crippen molar-refractivity contribution in [3.8, 4) is 11.4 Å². The zero-order valence-corrected chi connectivity index (χ0v) is 20.6. The summed E-state index contributed by atoms with van der Waals surface area (Å²) in [5.74, 6) is -0.541. The van der Waals surface area contributed by atoms with Gasteiger partial charge in [-0.3, -0.25) is 9.78 Å². The van der Waals surface area contributed by atoms with Crippen LogP contribution in [0.15, 0.2) is 71.7 Å². The summed E-state index contributed by atoms with van der Waals surface area (Å²) in [5, 5.41) is 13.7. The molecule has 1 aliphatic heterocycles. The van der Waals surface area contributed by atoms with Crippen LogP contribution in [0.2, 0.25) is 0 Å². The minimum atomic E-state index is -0.977. The molecule has 10 nitrogen and oxygen atoms in total. The number of pyridine rings is 2. The third-order valence-electron chi connectivity index (χ3n) is 6.82. The number of carboxylic acids is 1. The summed E-state index contributed by atoms with van der Waals surface area (Å²) < 4.78 is 5.35. The number of imidazole rings is 1. The van der Waals surface area contributed by atoms with Gasteiger partial charge in [0, 0.05) is 23.8 Å². The van der Waals surface area contributed by atoms with E-state index in [4.69, 9.17) is 9.72 Å². The summed E-state index contributed by atoms with van der Waals surface area (Å²) in [5.41, 5.74) is 4.67. The van der Waals surface area contributed by atoms with Crippen LogP contribution in [0.1, 0.15) is 18.7 Å². The monoisotopic (exact) mass is 510 g/mol. The smallest absolute Gasteiger partial charge is 0.334 e. The van der Waals surface area contributed by atoms with E-state index in [1.54, 1.807) is 6.20 Å². The normalized spacial score (nSPS) is 16.6. The fraction of sp³-hybridized carbons (Fsp3) is 0.214. The summed E-state index contributed by atoms with van der Waals surface area (Å²) in [4.78, 5) is 42.3. The van der Waals surface area contributed by atoms with E-state index < -0.39 is 12.1 Å².